The van der Waals surface area contributed by atoms with Gasteiger partial charge in [-0.25, -0.2) is 0 Å². The van der Waals surface area contributed by atoms with Gasteiger partial charge in [0.2, 0.25) is 5.91 Å². The van der Waals surface area contributed by atoms with Crippen LogP contribution in [0.1, 0.15) is 28.8 Å². The molecular formula is C24H19ClN3O4S-. The summed E-state index contributed by atoms with van der Waals surface area (Å²) in [6.45, 7) is 5.43. The number of nitrogens with zero attached hydrogens (tertiary/aromatic N) is 1. The molecule has 0 aromatic heterocycles. The van der Waals surface area contributed by atoms with Crippen molar-refractivity contribution in [3.63, 3.8) is 0 Å². The Balaban J connectivity index is 1.82. The number of rotatable bonds is 7. The topological polar surface area (TPSA) is 122 Å². The molecule has 2 unspecified atom stereocenters. The number of allylic oxidation sites excluding steroid dienone is 2. The van der Waals surface area contributed by atoms with Crippen molar-refractivity contribution in [2.24, 2.45) is 5.92 Å². The van der Waals surface area contributed by atoms with E-state index in [0.717, 1.165) is 17.3 Å². The molecule has 7 nitrogen and oxygen atoms in total. The Labute approximate surface area is 200 Å². The lowest BCUT2D eigenvalue weighted by atomic mass is 9.76. The molecule has 0 fully saturated rings. The van der Waals surface area contributed by atoms with Crippen LogP contribution in [0.2, 0.25) is 5.02 Å². The number of hydrogen-bond acceptors (Lipinski definition) is 7. The van der Waals surface area contributed by atoms with E-state index in [-0.39, 0.29) is 23.0 Å². The number of hydrogen-bond donors (Lipinski definition) is 2. The van der Waals surface area contributed by atoms with Crippen LogP contribution in [-0.4, -0.2) is 23.4 Å². The Kier molecular flexibility index (Phi) is 7.59. The van der Waals surface area contributed by atoms with Crippen LogP contribution in [-0.2, 0) is 9.59 Å². The van der Waals surface area contributed by atoms with Crippen LogP contribution in [0.15, 0.2) is 71.4 Å². The van der Waals surface area contributed by atoms with E-state index in [0.29, 0.717) is 27.0 Å². The summed E-state index contributed by atoms with van der Waals surface area (Å²) in [5.74, 6) is -3.01. The van der Waals surface area contributed by atoms with Crippen LogP contribution in [0.4, 0.5) is 5.69 Å². The maximum Gasteiger partial charge on any atom is 0.234 e. The van der Waals surface area contributed by atoms with Gasteiger partial charge in [0.15, 0.2) is 0 Å². The first-order chi connectivity index (χ1) is 15.7. The molecule has 0 saturated carbocycles. The second-order valence-corrected chi connectivity index (χ2v) is 8.75. The van der Waals surface area contributed by atoms with Gasteiger partial charge in [-0.05, 0) is 42.3 Å². The molecule has 2 aromatic rings. The Hall–Kier alpha value is -3.54. The van der Waals surface area contributed by atoms with E-state index in [2.05, 4.69) is 23.3 Å². The molecule has 3 rings (SSSR count). The van der Waals surface area contributed by atoms with Gasteiger partial charge < -0.3 is 20.5 Å². The lowest BCUT2D eigenvalue weighted by Gasteiger charge is -2.34. The van der Waals surface area contributed by atoms with Crippen LogP contribution in [0.25, 0.3) is 0 Å². The van der Waals surface area contributed by atoms with Gasteiger partial charge in [-0.15, -0.1) is 0 Å². The first-order valence-corrected chi connectivity index (χ1v) is 11.2. The molecule has 2 aromatic carbocycles. The van der Waals surface area contributed by atoms with E-state index in [1.54, 1.807) is 24.3 Å². The summed E-state index contributed by atoms with van der Waals surface area (Å²) in [6, 6.07) is 14.7. The summed E-state index contributed by atoms with van der Waals surface area (Å²) in [5.41, 5.74) is 1.96. The van der Waals surface area contributed by atoms with Crippen LogP contribution in [0.3, 0.4) is 0 Å². The Morgan fingerprint density at radius 1 is 1.18 bits per heavy atom. The van der Waals surface area contributed by atoms with Gasteiger partial charge in [0.05, 0.1) is 34.3 Å². The second kappa shape index (κ2) is 10.4. The lowest BCUT2D eigenvalue weighted by Crippen LogP contribution is -2.35. The van der Waals surface area contributed by atoms with Gasteiger partial charge in [-0.3, -0.25) is 9.59 Å². The third-order valence-corrected chi connectivity index (χ3v) is 6.35. The molecule has 168 valence electrons. The zero-order valence-corrected chi connectivity index (χ0v) is 19.1. The van der Waals surface area contributed by atoms with Gasteiger partial charge in [0, 0.05) is 22.3 Å². The minimum Gasteiger partial charge on any atom is -0.545 e. The monoisotopic (exact) mass is 480 g/mol. The zero-order chi connectivity index (χ0) is 24.1. The molecule has 0 bridgehead atoms. The summed E-state index contributed by atoms with van der Waals surface area (Å²) in [4.78, 5) is 35.7. The molecule has 2 N–H and O–H groups in total. The number of nitrogens with one attached hydrogen (secondary N) is 2. The molecule has 0 radical (unpaired) electrons. The average Bonchev–Trinajstić information content (AvgIpc) is 2.77. The number of carboxylic acids is 1. The molecule has 1 heterocycles. The highest BCUT2D eigenvalue weighted by atomic mass is 35.5. The number of halogens is 1. The molecule has 0 spiro atoms. The van der Waals surface area contributed by atoms with Crippen molar-refractivity contribution in [3.8, 4) is 6.07 Å². The van der Waals surface area contributed by atoms with Gasteiger partial charge in [-0.2, -0.15) is 5.26 Å². The van der Waals surface area contributed by atoms with E-state index in [1.165, 1.54) is 31.2 Å². The lowest BCUT2D eigenvalue weighted by molar-refractivity contribution is -0.255. The quantitative estimate of drug-likeness (QED) is 0.623. The van der Waals surface area contributed by atoms with Crippen molar-refractivity contribution in [1.29, 1.82) is 5.26 Å². The molecule has 1 aliphatic heterocycles. The predicted molar refractivity (Wildman–Crippen MR) is 125 cm³/mol. The number of carbonyl (C=O) groups is 3. The molecule has 1 amide bonds. The number of aromatic carboxylic acids is 1. The minimum atomic E-state index is -1.30. The number of thioether (sulfide) groups is 1. The number of Topliss-reactive ketones (excluding diaryl/α,β-unsaturated/α-hetero) is 1. The van der Waals surface area contributed by atoms with Crippen molar-refractivity contribution < 1.29 is 19.5 Å². The zero-order valence-electron chi connectivity index (χ0n) is 17.6. The number of ketones is 1. The molecule has 9 heteroatoms. The smallest absolute Gasteiger partial charge is 0.234 e. The summed E-state index contributed by atoms with van der Waals surface area (Å²) in [5, 5.41) is 27.4. The van der Waals surface area contributed by atoms with Gasteiger partial charge in [0.1, 0.15) is 5.78 Å². The molecule has 33 heavy (non-hydrogen) atoms. The molecule has 1 aliphatic rings. The summed E-state index contributed by atoms with van der Waals surface area (Å²) >= 11 is 7.11. The molecular weight excluding hydrogens is 462 g/mol. The Morgan fingerprint density at radius 2 is 1.82 bits per heavy atom. The van der Waals surface area contributed by atoms with E-state index in [4.69, 9.17) is 11.6 Å². The summed E-state index contributed by atoms with van der Waals surface area (Å²) in [7, 11) is 0. The fourth-order valence-corrected chi connectivity index (χ4v) is 4.57. The molecule has 0 aliphatic carbocycles. The highest BCUT2D eigenvalue weighted by Crippen LogP contribution is 2.43. The minimum absolute atomic E-state index is 0.00405. The van der Waals surface area contributed by atoms with Crippen molar-refractivity contribution in [3.05, 3.63) is 87.6 Å². The summed E-state index contributed by atoms with van der Waals surface area (Å²) in [6.07, 6.45) is 0. The van der Waals surface area contributed by atoms with Gasteiger partial charge in [-0.1, -0.05) is 54.2 Å². The Morgan fingerprint density at radius 3 is 2.36 bits per heavy atom. The normalized spacial score (nSPS) is 17.7. The van der Waals surface area contributed by atoms with E-state index >= 15 is 0 Å². The maximum atomic E-state index is 12.4. The van der Waals surface area contributed by atoms with Crippen molar-refractivity contribution in [1.82, 2.24) is 5.32 Å². The number of carboxylic acid groups (broad SMARTS) is 1. The fourth-order valence-electron chi connectivity index (χ4n) is 3.57. The van der Waals surface area contributed by atoms with Crippen molar-refractivity contribution in [2.75, 3.05) is 11.1 Å². The number of nitriles is 1. The predicted octanol–water partition coefficient (Wildman–Crippen LogP) is 3.22. The average molecular weight is 481 g/mol. The largest absolute Gasteiger partial charge is 0.545 e. The van der Waals surface area contributed by atoms with Gasteiger partial charge in [0.25, 0.3) is 0 Å². The number of benzene rings is 2. The number of amides is 1. The maximum absolute atomic E-state index is 12.4. The SMILES string of the molecule is C=C1NC(SCC(=O)Nc2ccc(C(=O)[O-])cc2)=C(C#N)C(c2ccc(Cl)cc2)C1C(C)=O. The van der Waals surface area contributed by atoms with Crippen LogP contribution in [0.5, 0.6) is 0 Å². The van der Waals surface area contributed by atoms with E-state index < -0.39 is 17.8 Å². The third kappa shape index (κ3) is 5.64. The van der Waals surface area contributed by atoms with Crippen molar-refractivity contribution >= 4 is 46.7 Å². The highest BCUT2D eigenvalue weighted by molar-refractivity contribution is 8.03. The van der Waals surface area contributed by atoms with Gasteiger partial charge >= 0.3 is 0 Å². The second-order valence-electron chi connectivity index (χ2n) is 7.32. The first kappa shape index (κ1) is 24.1. The van der Waals surface area contributed by atoms with Crippen LogP contribution >= 0.6 is 23.4 Å². The third-order valence-electron chi connectivity index (χ3n) is 5.08. The fraction of sp³-hybridized carbons (Fsp3) is 0.167. The standard InChI is InChI=1S/C24H20ClN3O4S/c1-13-21(14(2)29)22(15-3-7-17(25)8-4-15)19(11-26)23(27-13)33-12-20(30)28-18-9-5-16(6-10-18)24(31)32/h3-10,21-22,27H,1,12H2,2H3,(H,28,30)(H,31,32)/p-1. The number of carbonyl (C=O) groups excluding carboxylic acids is 3. The summed E-state index contributed by atoms with van der Waals surface area (Å²) < 4.78 is 0. The van der Waals surface area contributed by atoms with E-state index in [9.17, 15) is 24.8 Å². The van der Waals surface area contributed by atoms with Crippen molar-refractivity contribution in [2.45, 2.75) is 12.8 Å². The molecule has 0 saturated heterocycles. The first-order valence-electron chi connectivity index (χ1n) is 9.81. The van der Waals surface area contributed by atoms with Crippen LogP contribution < -0.4 is 15.7 Å². The Bertz CT molecular complexity index is 1180. The van der Waals surface area contributed by atoms with Crippen LogP contribution in [0, 0.1) is 17.2 Å². The number of anilines is 1. The molecule has 2 atom stereocenters. The van der Waals surface area contributed by atoms with E-state index in [1.807, 2.05) is 0 Å². The highest BCUT2D eigenvalue weighted by Gasteiger charge is 2.38.